The molecule has 3 aromatic rings. The summed E-state index contributed by atoms with van der Waals surface area (Å²) in [6.07, 6.45) is 1.83. The van der Waals surface area contributed by atoms with Crippen molar-refractivity contribution >= 4 is 63.7 Å². The Labute approximate surface area is 254 Å². The monoisotopic (exact) mass is 775 g/mol. The molecule has 5 rings (SSSR count). The van der Waals surface area contributed by atoms with Crippen molar-refractivity contribution in [3.05, 3.63) is 63.9 Å². The molecule has 7 nitrogen and oxygen atoms in total. The minimum Gasteiger partial charge on any atom is -0.504 e. The van der Waals surface area contributed by atoms with Crippen molar-refractivity contribution in [3.8, 4) is 34.5 Å². The molecular weight excluding hydrogens is 754 g/mol. The molecule has 0 amide bonds. The van der Waals surface area contributed by atoms with Crippen molar-refractivity contribution in [1.82, 2.24) is 4.90 Å². The SMILES string of the molecule is COc1c(O)cc(C[C@H]2c3c(cc(Br)c(OC)c3O)C[C@@H]3c4c(Br)c(O)c(OC)c(Br)c4CCN32)cc1Br. The van der Waals surface area contributed by atoms with Crippen LogP contribution in [0.15, 0.2) is 36.1 Å². The molecule has 38 heavy (non-hydrogen) atoms. The summed E-state index contributed by atoms with van der Waals surface area (Å²) in [5.74, 6) is 1.34. The molecule has 0 aliphatic carbocycles. The number of benzene rings is 3. The Hall–Kier alpha value is -1.66. The Morgan fingerprint density at radius 1 is 0.816 bits per heavy atom. The van der Waals surface area contributed by atoms with Gasteiger partial charge in [-0.05, 0) is 123 Å². The van der Waals surface area contributed by atoms with Gasteiger partial charge in [0.15, 0.2) is 34.5 Å². The maximum atomic E-state index is 11.4. The number of halogens is 4. The molecule has 2 aliphatic heterocycles. The molecule has 0 saturated heterocycles. The van der Waals surface area contributed by atoms with Gasteiger partial charge in [0.25, 0.3) is 0 Å². The van der Waals surface area contributed by atoms with E-state index in [0.717, 1.165) is 32.3 Å². The number of ether oxygens (including phenoxy) is 3. The third kappa shape index (κ3) is 4.38. The van der Waals surface area contributed by atoms with E-state index in [1.54, 1.807) is 6.07 Å². The zero-order valence-electron chi connectivity index (χ0n) is 20.7. The van der Waals surface area contributed by atoms with Crippen LogP contribution in [0.4, 0.5) is 0 Å². The van der Waals surface area contributed by atoms with Gasteiger partial charge in [-0.2, -0.15) is 0 Å². The highest BCUT2D eigenvalue weighted by molar-refractivity contribution is 9.11. The van der Waals surface area contributed by atoms with Gasteiger partial charge < -0.3 is 29.5 Å². The molecule has 0 saturated carbocycles. The van der Waals surface area contributed by atoms with E-state index in [-0.39, 0.29) is 29.3 Å². The average Bonchev–Trinajstić information content (AvgIpc) is 2.87. The van der Waals surface area contributed by atoms with Crippen LogP contribution in [0.5, 0.6) is 34.5 Å². The molecule has 3 aromatic carbocycles. The second kappa shape index (κ2) is 10.7. The Kier molecular flexibility index (Phi) is 7.87. The fraction of sp³-hybridized carbons (Fsp3) is 0.333. The van der Waals surface area contributed by atoms with Gasteiger partial charge in [-0.25, -0.2) is 0 Å². The zero-order chi connectivity index (χ0) is 27.5. The molecule has 11 heteroatoms. The summed E-state index contributed by atoms with van der Waals surface area (Å²) in [4.78, 5) is 2.36. The van der Waals surface area contributed by atoms with Crippen LogP contribution in [0.3, 0.4) is 0 Å². The number of hydrogen-bond donors (Lipinski definition) is 3. The third-order valence-corrected chi connectivity index (χ3v) is 10.2. The van der Waals surface area contributed by atoms with E-state index in [4.69, 9.17) is 14.2 Å². The van der Waals surface area contributed by atoms with Crippen molar-refractivity contribution in [2.75, 3.05) is 27.9 Å². The second-order valence-corrected chi connectivity index (χ2v) is 12.6. The number of methoxy groups -OCH3 is 3. The highest BCUT2D eigenvalue weighted by Crippen LogP contribution is 2.56. The lowest BCUT2D eigenvalue weighted by Gasteiger charge is -2.47. The average molecular weight is 779 g/mol. The number of rotatable bonds is 5. The standard InChI is InChI=1S/C27H25Br4NO6/c1-36-25-14(28)6-11(8-18(25)33)7-16-19-12(9-15(29)26(37-2)23(19)34)10-17-20-13(4-5-32(16)17)21(30)27(38-3)24(35)22(20)31/h6,8-9,16-17,33-35H,4-5,7,10H2,1-3H3/t16-,17+/m0/s1. The first-order valence-corrected chi connectivity index (χ1v) is 15.0. The Morgan fingerprint density at radius 2 is 1.47 bits per heavy atom. The van der Waals surface area contributed by atoms with Crippen LogP contribution in [-0.2, 0) is 19.3 Å². The minimum absolute atomic E-state index is 0.0368. The van der Waals surface area contributed by atoms with E-state index in [2.05, 4.69) is 68.6 Å². The van der Waals surface area contributed by atoms with E-state index in [1.165, 1.54) is 21.3 Å². The number of nitrogens with zero attached hydrogens (tertiary/aromatic N) is 1. The van der Waals surface area contributed by atoms with E-state index >= 15 is 0 Å². The topological polar surface area (TPSA) is 91.6 Å². The van der Waals surface area contributed by atoms with Crippen molar-refractivity contribution in [1.29, 1.82) is 0 Å². The van der Waals surface area contributed by atoms with Gasteiger partial charge in [0, 0.05) is 24.2 Å². The fourth-order valence-electron chi connectivity index (χ4n) is 5.84. The quantitative estimate of drug-likeness (QED) is 0.250. The highest BCUT2D eigenvalue weighted by atomic mass is 79.9. The van der Waals surface area contributed by atoms with Crippen molar-refractivity contribution in [3.63, 3.8) is 0 Å². The first-order valence-electron chi connectivity index (χ1n) is 11.8. The number of hydrogen-bond acceptors (Lipinski definition) is 7. The molecule has 0 radical (unpaired) electrons. The van der Waals surface area contributed by atoms with Crippen LogP contribution < -0.4 is 14.2 Å². The van der Waals surface area contributed by atoms with Crippen LogP contribution in [-0.4, -0.2) is 48.1 Å². The van der Waals surface area contributed by atoms with Crippen LogP contribution in [0.1, 0.15) is 39.9 Å². The Morgan fingerprint density at radius 3 is 2.11 bits per heavy atom. The molecule has 0 unspecified atom stereocenters. The number of fused-ring (bicyclic) bond motifs is 4. The molecular formula is C27H25Br4NO6. The van der Waals surface area contributed by atoms with E-state index in [0.29, 0.717) is 56.5 Å². The smallest absolute Gasteiger partial charge is 0.176 e. The molecule has 0 fully saturated rings. The summed E-state index contributed by atoms with van der Waals surface area (Å²) in [7, 11) is 4.58. The molecule has 0 spiro atoms. The summed E-state index contributed by atoms with van der Waals surface area (Å²) in [5.41, 5.74) is 4.71. The molecule has 2 aliphatic rings. The van der Waals surface area contributed by atoms with Gasteiger partial charge in [-0.3, -0.25) is 4.90 Å². The lowest BCUT2D eigenvalue weighted by atomic mass is 9.78. The van der Waals surface area contributed by atoms with E-state index in [1.807, 2.05) is 12.1 Å². The lowest BCUT2D eigenvalue weighted by Crippen LogP contribution is -2.44. The van der Waals surface area contributed by atoms with Crippen LogP contribution in [0.2, 0.25) is 0 Å². The molecule has 0 aromatic heterocycles. The van der Waals surface area contributed by atoms with Crippen molar-refractivity contribution < 1.29 is 29.5 Å². The van der Waals surface area contributed by atoms with E-state index in [9.17, 15) is 15.3 Å². The second-order valence-electron chi connectivity index (χ2n) is 9.27. The highest BCUT2D eigenvalue weighted by Gasteiger charge is 2.43. The van der Waals surface area contributed by atoms with Gasteiger partial charge in [-0.1, -0.05) is 0 Å². The Bertz CT molecular complexity index is 1420. The summed E-state index contributed by atoms with van der Waals surface area (Å²) >= 11 is 14.4. The molecule has 202 valence electrons. The molecule has 0 bridgehead atoms. The molecule has 2 atom stereocenters. The number of aromatic hydroxyl groups is 3. The van der Waals surface area contributed by atoms with Crippen LogP contribution >= 0.6 is 63.7 Å². The van der Waals surface area contributed by atoms with Gasteiger partial charge in [-0.15, -0.1) is 0 Å². The predicted molar refractivity (Wildman–Crippen MR) is 158 cm³/mol. The van der Waals surface area contributed by atoms with Gasteiger partial charge in [0.1, 0.15) is 0 Å². The van der Waals surface area contributed by atoms with Crippen molar-refractivity contribution in [2.24, 2.45) is 0 Å². The minimum atomic E-state index is -0.242. The number of phenolic OH excluding ortho intramolecular Hbond substituents is 3. The predicted octanol–water partition coefficient (Wildman–Crippen LogP) is 7.32. The maximum absolute atomic E-state index is 11.4. The summed E-state index contributed by atoms with van der Waals surface area (Å²) in [5, 5.41) is 33.0. The fourth-order valence-corrected chi connectivity index (χ4v) is 8.57. The molecule has 2 heterocycles. The third-order valence-electron chi connectivity index (χ3n) is 7.41. The van der Waals surface area contributed by atoms with Crippen molar-refractivity contribution in [2.45, 2.75) is 31.3 Å². The van der Waals surface area contributed by atoms with E-state index < -0.39 is 0 Å². The maximum Gasteiger partial charge on any atom is 0.176 e. The Balaban J connectivity index is 1.71. The zero-order valence-corrected chi connectivity index (χ0v) is 27.1. The summed E-state index contributed by atoms with van der Waals surface area (Å²) < 4.78 is 19.0. The normalized spacial score (nSPS) is 18.4. The first-order chi connectivity index (χ1) is 18.1. The molecule has 3 N–H and O–H groups in total. The lowest BCUT2D eigenvalue weighted by molar-refractivity contribution is 0.102. The summed E-state index contributed by atoms with van der Waals surface area (Å²) in [6, 6.07) is 5.29. The van der Waals surface area contributed by atoms with Crippen LogP contribution in [0, 0.1) is 0 Å². The summed E-state index contributed by atoms with van der Waals surface area (Å²) in [6.45, 7) is 0.710. The number of phenols is 3. The first kappa shape index (κ1) is 27.9. The van der Waals surface area contributed by atoms with Gasteiger partial charge >= 0.3 is 0 Å². The van der Waals surface area contributed by atoms with Crippen LogP contribution in [0.25, 0.3) is 0 Å². The van der Waals surface area contributed by atoms with Gasteiger partial charge in [0.05, 0.1) is 39.2 Å². The largest absolute Gasteiger partial charge is 0.504 e. The van der Waals surface area contributed by atoms with Gasteiger partial charge in [0.2, 0.25) is 0 Å².